The van der Waals surface area contributed by atoms with Gasteiger partial charge in [0.15, 0.2) is 22.9 Å². The van der Waals surface area contributed by atoms with Gasteiger partial charge in [0.1, 0.15) is 6.61 Å². The Kier molecular flexibility index (Phi) is 4.91. The van der Waals surface area contributed by atoms with Gasteiger partial charge in [-0.15, -0.1) is 8.78 Å². The number of pyridine rings is 1. The minimum atomic E-state index is -4.62. The fraction of sp³-hybridized carbons (Fsp3) is 0.333. The molecule has 0 saturated carbocycles. The zero-order valence-corrected chi connectivity index (χ0v) is 16.8. The number of benzene rings is 1. The van der Waals surface area contributed by atoms with E-state index in [1.54, 1.807) is 0 Å². The normalized spacial score (nSPS) is 16.5. The van der Waals surface area contributed by atoms with Crippen LogP contribution in [-0.2, 0) is 25.6 Å². The lowest BCUT2D eigenvalue weighted by atomic mass is 9.95. The van der Waals surface area contributed by atoms with Gasteiger partial charge in [0.05, 0.1) is 11.9 Å². The number of alkyl halides is 5. The van der Waals surface area contributed by atoms with Crippen molar-refractivity contribution in [3.05, 3.63) is 58.9 Å². The van der Waals surface area contributed by atoms with Gasteiger partial charge in [0.25, 0.3) is 5.95 Å². The second-order valence-corrected chi connectivity index (χ2v) is 7.61. The molecule has 0 fully saturated rings. The van der Waals surface area contributed by atoms with Crippen LogP contribution in [0, 0.1) is 5.95 Å². The lowest BCUT2D eigenvalue weighted by Crippen LogP contribution is -2.25. The first-order valence-corrected chi connectivity index (χ1v) is 9.96. The molecule has 3 aromatic rings. The van der Waals surface area contributed by atoms with E-state index in [1.165, 1.54) is 24.3 Å². The number of aromatic nitrogens is 3. The van der Waals surface area contributed by atoms with Crippen LogP contribution in [0.4, 0.5) is 26.3 Å². The van der Waals surface area contributed by atoms with Crippen LogP contribution in [-0.4, -0.2) is 21.1 Å². The molecular formula is C21H15F6N3O3. The molecule has 2 aromatic heterocycles. The Morgan fingerprint density at radius 3 is 2.61 bits per heavy atom. The summed E-state index contributed by atoms with van der Waals surface area (Å²) in [6, 6.07) is 5.14. The van der Waals surface area contributed by atoms with Crippen molar-refractivity contribution >= 4 is 0 Å². The first-order valence-electron chi connectivity index (χ1n) is 9.96. The Morgan fingerprint density at radius 2 is 1.82 bits per heavy atom. The van der Waals surface area contributed by atoms with Gasteiger partial charge in [-0.1, -0.05) is 6.07 Å². The largest absolute Gasteiger partial charge is 0.586 e. The fourth-order valence-corrected chi connectivity index (χ4v) is 3.92. The summed E-state index contributed by atoms with van der Waals surface area (Å²) in [7, 11) is 0. The number of hydrogen-bond donors (Lipinski definition) is 0. The lowest BCUT2D eigenvalue weighted by molar-refractivity contribution is -0.286. The molecule has 0 spiro atoms. The van der Waals surface area contributed by atoms with Gasteiger partial charge < -0.3 is 14.2 Å². The van der Waals surface area contributed by atoms with E-state index in [0.717, 1.165) is 10.9 Å². The molecule has 0 saturated heterocycles. The van der Waals surface area contributed by atoms with E-state index in [9.17, 15) is 26.3 Å². The molecule has 0 atom stereocenters. The highest BCUT2D eigenvalue weighted by molar-refractivity contribution is 5.45. The van der Waals surface area contributed by atoms with Gasteiger partial charge in [0, 0.05) is 17.3 Å². The second-order valence-electron chi connectivity index (χ2n) is 7.61. The third kappa shape index (κ3) is 4.05. The van der Waals surface area contributed by atoms with E-state index < -0.39 is 24.1 Å². The minimum absolute atomic E-state index is 0.116. The number of fused-ring (bicyclic) bond motifs is 2. The fourth-order valence-electron chi connectivity index (χ4n) is 3.92. The molecule has 174 valence electrons. The summed E-state index contributed by atoms with van der Waals surface area (Å²) in [5, 5.41) is 3.75. The summed E-state index contributed by atoms with van der Waals surface area (Å²) in [6.45, 7) is -0.241. The van der Waals surface area contributed by atoms with Crippen molar-refractivity contribution in [2.45, 2.75) is 44.8 Å². The number of halogens is 6. The molecule has 1 aliphatic carbocycles. The maximum Gasteiger partial charge on any atom is 0.586 e. The van der Waals surface area contributed by atoms with E-state index in [2.05, 4.69) is 19.6 Å². The van der Waals surface area contributed by atoms with Crippen molar-refractivity contribution < 1.29 is 40.6 Å². The Labute approximate surface area is 182 Å². The molecular weight excluding hydrogens is 456 g/mol. The van der Waals surface area contributed by atoms with Crippen LogP contribution < -0.4 is 14.2 Å². The first kappa shape index (κ1) is 21.4. The predicted octanol–water partition coefficient (Wildman–Crippen LogP) is 5.20. The molecule has 0 radical (unpaired) electrons. The third-order valence-corrected chi connectivity index (χ3v) is 5.35. The summed E-state index contributed by atoms with van der Waals surface area (Å²) in [4.78, 5) is 3.59. The van der Waals surface area contributed by atoms with Crippen molar-refractivity contribution in [1.82, 2.24) is 14.8 Å². The Morgan fingerprint density at radius 1 is 1.06 bits per heavy atom. The van der Waals surface area contributed by atoms with E-state index in [1.807, 2.05) is 0 Å². The van der Waals surface area contributed by atoms with Crippen molar-refractivity contribution in [3.8, 4) is 22.9 Å². The van der Waals surface area contributed by atoms with Crippen LogP contribution in [0.5, 0.6) is 17.2 Å². The molecule has 2 aliphatic rings. The molecule has 0 amide bonds. The maximum atomic E-state index is 14.3. The lowest BCUT2D eigenvalue weighted by Gasteiger charge is -2.15. The van der Waals surface area contributed by atoms with Crippen LogP contribution in [0.1, 0.15) is 35.4 Å². The second kappa shape index (κ2) is 7.56. The highest BCUT2D eigenvalue weighted by Gasteiger charge is 2.43. The number of nitrogens with zero attached hydrogens (tertiary/aromatic N) is 3. The molecule has 0 bridgehead atoms. The van der Waals surface area contributed by atoms with Crippen molar-refractivity contribution in [3.63, 3.8) is 0 Å². The summed E-state index contributed by atoms with van der Waals surface area (Å²) in [5.74, 6) is -1.66. The van der Waals surface area contributed by atoms with Crippen LogP contribution in [0.15, 0.2) is 30.5 Å². The van der Waals surface area contributed by atoms with Crippen LogP contribution in [0.3, 0.4) is 0 Å². The zero-order valence-electron chi connectivity index (χ0n) is 16.8. The van der Waals surface area contributed by atoms with Crippen molar-refractivity contribution in [2.24, 2.45) is 0 Å². The van der Waals surface area contributed by atoms with Gasteiger partial charge in [0.2, 0.25) is 0 Å². The molecule has 5 rings (SSSR count). The van der Waals surface area contributed by atoms with Crippen LogP contribution >= 0.6 is 0 Å². The van der Waals surface area contributed by atoms with Crippen LogP contribution in [0.25, 0.3) is 5.69 Å². The molecule has 1 aliphatic heterocycles. The summed E-state index contributed by atoms with van der Waals surface area (Å²) in [5.41, 5.74) is 0.0737. The van der Waals surface area contributed by atoms with Gasteiger partial charge >= 0.3 is 12.5 Å². The average Bonchev–Trinajstić information content (AvgIpc) is 3.29. The summed E-state index contributed by atoms with van der Waals surface area (Å²) in [6.07, 6.45) is -5.33. The molecule has 1 aromatic carbocycles. The van der Waals surface area contributed by atoms with Gasteiger partial charge in [-0.3, -0.25) is 0 Å². The van der Waals surface area contributed by atoms with Crippen LogP contribution in [0.2, 0.25) is 0 Å². The smallest absolute Gasteiger partial charge is 0.484 e. The zero-order chi connectivity index (χ0) is 23.4. The molecule has 0 N–H and O–H groups in total. The first-order chi connectivity index (χ1) is 15.6. The van der Waals surface area contributed by atoms with Gasteiger partial charge in [-0.05, 0) is 43.4 Å². The van der Waals surface area contributed by atoms with Gasteiger partial charge in [-0.25, -0.2) is 9.67 Å². The molecule has 0 unspecified atom stereocenters. The van der Waals surface area contributed by atoms with E-state index >= 15 is 0 Å². The quantitative estimate of drug-likeness (QED) is 0.387. The maximum absolute atomic E-state index is 14.3. The minimum Gasteiger partial charge on any atom is -0.484 e. The summed E-state index contributed by atoms with van der Waals surface area (Å²) >= 11 is 0. The Balaban J connectivity index is 1.42. The van der Waals surface area contributed by atoms with Gasteiger partial charge in [-0.2, -0.15) is 22.7 Å². The number of ether oxygens (including phenoxy) is 3. The monoisotopic (exact) mass is 471 g/mol. The number of hydrogen-bond acceptors (Lipinski definition) is 5. The van der Waals surface area contributed by atoms with Crippen molar-refractivity contribution in [2.75, 3.05) is 0 Å². The molecule has 3 heterocycles. The van der Waals surface area contributed by atoms with E-state index in [0.29, 0.717) is 30.5 Å². The predicted molar refractivity (Wildman–Crippen MR) is 99.9 cm³/mol. The standard InChI is InChI=1S/C21H15F6N3O3/c22-19-17(31-10-11-5-6-15-16(7-11)33-21(26,27)32-15)8-12(9-28-19)30-14-4-2-1-3-13(14)18(29-30)20(23,24)25/h5-9H,1-4,10H2. The molecule has 33 heavy (non-hydrogen) atoms. The number of rotatable bonds is 4. The molecule has 6 nitrogen and oxygen atoms in total. The molecule has 12 heteroatoms. The summed E-state index contributed by atoms with van der Waals surface area (Å²) < 4.78 is 96.2. The topological polar surface area (TPSA) is 58.4 Å². The average molecular weight is 471 g/mol. The van der Waals surface area contributed by atoms with E-state index in [-0.39, 0.29) is 41.5 Å². The highest BCUT2D eigenvalue weighted by Crippen LogP contribution is 2.41. The SMILES string of the molecule is Fc1ncc(-n2nc(C(F)(F)F)c3c2CCCC3)cc1OCc1ccc2c(c1)OC(F)(F)O2. The highest BCUT2D eigenvalue weighted by atomic mass is 19.4. The third-order valence-electron chi connectivity index (χ3n) is 5.35. The van der Waals surface area contributed by atoms with Crippen molar-refractivity contribution in [1.29, 1.82) is 0 Å². The Bertz CT molecular complexity index is 1220. The van der Waals surface area contributed by atoms with E-state index in [4.69, 9.17) is 4.74 Å². The Hall–Kier alpha value is -3.44.